The Morgan fingerprint density at radius 1 is 1.37 bits per heavy atom. The van der Waals surface area contributed by atoms with Gasteiger partial charge in [-0.15, -0.1) is 0 Å². The van der Waals surface area contributed by atoms with Crippen LogP contribution in [-0.2, 0) is 25.5 Å². The maximum absolute atomic E-state index is 14.2. The number of hydrogen-bond acceptors (Lipinski definition) is 4. The zero-order chi connectivity index (χ0) is 20.1. The minimum absolute atomic E-state index is 0.0373. The van der Waals surface area contributed by atoms with E-state index in [4.69, 9.17) is 16.3 Å². The molecule has 0 bridgehead atoms. The smallest absolute Gasteiger partial charge is 0.332 e. The lowest BCUT2D eigenvalue weighted by molar-refractivity contribution is -0.142. The van der Waals surface area contributed by atoms with Gasteiger partial charge in [-0.3, -0.25) is 9.59 Å². The van der Waals surface area contributed by atoms with Gasteiger partial charge in [-0.1, -0.05) is 18.5 Å². The van der Waals surface area contributed by atoms with Crippen molar-refractivity contribution in [2.24, 2.45) is 5.92 Å². The summed E-state index contributed by atoms with van der Waals surface area (Å²) in [4.78, 5) is 35.7. The van der Waals surface area contributed by atoms with Crippen LogP contribution in [-0.4, -0.2) is 29.6 Å². The van der Waals surface area contributed by atoms with Crippen LogP contribution in [0.3, 0.4) is 0 Å². The van der Waals surface area contributed by atoms with Crippen LogP contribution in [0.1, 0.15) is 38.7 Å². The van der Waals surface area contributed by atoms with Crippen molar-refractivity contribution in [3.05, 3.63) is 39.7 Å². The number of benzene rings is 1. The molecular formula is C19H21ClFNO5. The van der Waals surface area contributed by atoms with Crippen molar-refractivity contribution >= 4 is 35.1 Å². The second kappa shape index (κ2) is 8.99. The Kier molecular flexibility index (Phi) is 6.96. The number of hydrogen-bond donors (Lipinski definition) is 2. The van der Waals surface area contributed by atoms with Gasteiger partial charge in [0.2, 0.25) is 0 Å². The SMILES string of the molecule is CCOC(=O)Cc1cc(NC(=O)C2=C(C(=O)O)C(C)CCC2)c(F)cc1Cl. The molecule has 0 aromatic heterocycles. The average molecular weight is 398 g/mol. The molecule has 1 unspecified atom stereocenters. The summed E-state index contributed by atoms with van der Waals surface area (Å²) < 4.78 is 19.1. The molecule has 6 nitrogen and oxygen atoms in total. The summed E-state index contributed by atoms with van der Waals surface area (Å²) in [6.07, 6.45) is 1.49. The molecule has 1 aromatic rings. The summed E-state index contributed by atoms with van der Waals surface area (Å²) in [5.41, 5.74) is 0.331. The van der Waals surface area contributed by atoms with E-state index >= 15 is 0 Å². The molecule has 1 aliphatic rings. The lowest BCUT2D eigenvalue weighted by Crippen LogP contribution is -2.25. The molecule has 0 aliphatic heterocycles. The number of anilines is 1. The molecule has 1 aliphatic carbocycles. The van der Waals surface area contributed by atoms with Crippen molar-refractivity contribution in [3.63, 3.8) is 0 Å². The third-order valence-corrected chi connectivity index (χ3v) is 4.76. The number of carboxylic acid groups (broad SMARTS) is 1. The van der Waals surface area contributed by atoms with Gasteiger partial charge in [-0.05, 0) is 49.8 Å². The topological polar surface area (TPSA) is 92.7 Å². The second-order valence-electron chi connectivity index (χ2n) is 6.35. The Balaban J connectivity index is 2.30. The number of amides is 1. The van der Waals surface area contributed by atoms with Gasteiger partial charge in [0.15, 0.2) is 0 Å². The van der Waals surface area contributed by atoms with Crippen molar-refractivity contribution in [2.75, 3.05) is 11.9 Å². The van der Waals surface area contributed by atoms with Crippen molar-refractivity contribution in [3.8, 4) is 0 Å². The molecule has 2 N–H and O–H groups in total. The number of carbonyl (C=O) groups is 3. The number of carbonyl (C=O) groups excluding carboxylic acids is 2. The monoisotopic (exact) mass is 397 g/mol. The number of aliphatic carboxylic acids is 1. The standard InChI is InChI=1S/C19H21ClFNO5/c1-3-27-16(23)8-11-7-15(14(21)9-13(11)20)22-18(24)12-6-4-5-10(2)17(12)19(25)26/h7,9-10H,3-6,8H2,1-2H3,(H,22,24)(H,25,26). The molecule has 0 heterocycles. The molecule has 0 fully saturated rings. The van der Waals surface area contributed by atoms with Gasteiger partial charge in [0.1, 0.15) is 5.82 Å². The van der Waals surface area contributed by atoms with Gasteiger partial charge in [-0.2, -0.15) is 0 Å². The van der Waals surface area contributed by atoms with E-state index < -0.39 is 23.7 Å². The van der Waals surface area contributed by atoms with Gasteiger partial charge < -0.3 is 15.2 Å². The Morgan fingerprint density at radius 3 is 2.70 bits per heavy atom. The van der Waals surface area contributed by atoms with E-state index in [9.17, 15) is 23.9 Å². The van der Waals surface area contributed by atoms with Crippen LogP contribution in [0.25, 0.3) is 0 Å². The summed E-state index contributed by atoms with van der Waals surface area (Å²) in [6, 6.07) is 2.27. The highest BCUT2D eigenvalue weighted by Crippen LogP contribution is 2.32. The maximum Gasteiger partial charge on any atom is 0.332 e. The van der Waals surface area contributed by atoms with Gasteiger partial charge in [0.25, 0.3) is 5.91 Å². The van der Waals surface area contributed by atoms with E-state index in [1.165, 1.54) is 6.07 Å². The van der Waals surface area contributed by atoms with E-state index in [-0.39, 0.29) is 40.8 Å². The Morgan fingerprint density at radius 2 is 2.07 bits per heavy atom. The van der Waals surface area contributed by atoms with E-state index in [0.29, 0.717) is 24.8 Å². The molecule has 8 heteroatoms. The van der Waals surface area contributed by atoms with E-state index in [1.807, 2.05) is 0 Å². The van der Waals surface area contributed by atoms with Gasteiger partial charge in [0.05, 0.1) is 18.7 Å². The summed E-state index contributed by atoms with van der Waals surface area (Å²) in [5, 5.41) is 11.8. The fraction of sp³-hybridized carbons (Fsp3) is 0.421. The molecule has 1 aromatic carbocycles. The summed E-state index contributed by atoms with van der Waals surface area (Å²) in [7, 11) is 0. The Bertz CT molecular complexity index is 806. The van der Waals surface area contributed by atoms with Crippen LogP contribution in [0, 0.1) is 11.7 Å². The van der Waals surface area contributed by atoms with Crippen LogP contribution >= 0.6 is 11.6 Å². The number of carboxylic acids is 1. The van der Waals surface area contributed by atoms with Gasteiger partial charge in [0, 0.05) is 16.2 Å². The lowest BCUT2D eigenvalue weighted by Gasteiger charge is -2.23. The lowest BCUT2D eigenvalue weighted by atomic mass is 9.83. The van der Waals surface area contributed by atoms with E-state index in [0.717, 1.165) is 6.07 Å². The fourth-order valence-electron chi connectivity index (χ4n) is 3.13. The van der Waals surface area contributed by atoms with Crippen LogP contribution in [0.5, 0.6) is 0 Å². The molecule has 27 heavy (non-hydrogen) atoms. The first-order valence-corrected chi connectivity index (χ1v) is 9.03. The number of rotatable bonds is 6. The molecule has 0 spiro atoms. The predicted octanol–water partition coefficient (Wildman–Crippen LogP) is 3.72. The summed E-state index contributed by atoms with van der Waals surface area (Å²) >= 11 is 5.97. The maximum atomic E-state index is 14.2. The zero-order valence-corrected chi connectivity index (χ0v) is 15.9. The summed E-state index contributed by atoms with van der Waals surface area (Å²) in [6.45, 7) is 3.61. The number of halogens is 2. The normalized spacial score (nSPS) is 16.8. The summed E-state index contributed by atoms with van der Waals surface area (Å²) in [5.74, 6) is -3.37. The number of nitrogens with one attached hydrogen (secondary N) is 1. The van der Waals surface area contributed by atoms with Gasteiger partial charge in [-0.25, -0.2) is 9.18 Å². The molecule has 0 saturated heterocycles. The minimum Gasteiger partial charge on any atom is -0.478 e. The quantitative estimate of drug-likeness (QED) is 0.713. The predicted molar refractivity (Wildman–Crippen MR) is 98.1 cm³/mol. The first-order chi connectivity index (χ1) is 12.7. The highest BCUT2D eigenvalue weighted by atomic mass is 35.5. The zero-order valence-electron chi connectivity index (χ0n) is 15.1. The van der Waals surface area contributed by atoms with Crippen LogP contribution in [0.4, 0.5) is 10.1 Å². The first-order valence-electron chi connectivity index (χ1n) is 8.65. The number of ether oxygens (including phenoxy) is 1. The third kappa shape index (κ3) is 5.07. The van der Waals surface area contributed by atoms with Gasteiger partial charge >= 0.3 is 11.9 Å². The van der Waals surface area contributed by atoms with Crippen LogP contribution in [0.15, 0.2) is 23.3 Å². The molecule has 1 amide bonds. The van der Waals surface area contributed by atoms with E-state index in [1.54, 1.807) is 13.8 Å². The highest BCUT2D eigenvalue weighted by Gasteiger charge is 2.29. The largest absolute Gasteiger partial charge is 0.478 e. The van der Waals surface area contributed by atoms with Crippen molar-refractivity contribution in [1.29, 1.82) is 0 Å². The highest BCUT2D eigenvalue weighted by molar-refractivity contribution is 6.31. The van der Waals surface area contributed by atoms with Crippen molar-refractivity contribution < 1.29 is 28.6 Å². The molecule has 1 atom stereocenters. The molecule has 0 saturated carbocycles. The molecule has 2 rings (SSSR count). The fourth-order valence-corrected chi connectivity index (χ4v) is 3.34. The van der Waals surface area contributed by atoms with Crippen molar-refractivity contribution in [2.45, 2.75) is 39.5 Å². The average Bonchev–Trinajstić information content (AvgIpc) is 2.58. The molecule has 0 radical (unpaired) electrons. The van der Waals surface area contributed by atoms with E-state index in [2.05, 4.69) is 5.32 Å². The first kappa shape index (κ1) is 20.9. The Hall–Kier alpha value is -2.41. The third-order valence-electron chi connectivity index (χ3n) is 4.41. The number of esters is 1. The second-order valence-corrected chi connectivity index (χ2v) is 6.76. The minimum atomic E-state index is -1.15. The van der Waals surface area contributed by atoms with Crippen LogP contribution in [0.2, 0.25) is 5.02 Å². The van der Waals surface area contributed by atoms with Crippen molar-refractivity contribution in [1.82, 2.24) is 0 Å². The van der Waals surface area contributed by atoms with Crippen LogP contribution < -0.4 is 5.32 Å². The Labute approximate surface area is 161 Å². The molecule has 146 valence electrons. The molecular weight excluding hydrogens is 377 g/mol.